The van der Waals surface area contributed by atoms with Gasteiger partial charge in [-0.1, -0.05) is 43.8 Å². The molecular weight excluding hydrogens is 228 g/mol. The first kappa shape index (κ1) is 14.0. The number of benzene rings is 1. The van der Waals surface area contributed by atoms with Crippen molar-refractivity contribution in [2.24, 2.45) is 0 Å². The van der Waals surface area contributed by atoms with Crippen LogP contribution in [0.4, 0.5) is 0 Å². The van der Waals surface area contributed by atoms with Crippen LogP contribution in [0.1, 0.15) is 17.4 Å². The van der Waals surface area contributed by atoms with Gasteiger partial charge in [0.25, 0.3) is 0 Å². The van der Waals surface area contributed by atoms with Crippen LogP contribution in [0, 0.1) is 11.5 Å². The first-order valence-electron chi connectivity index (χ1n) is 5.65. The van der Waals surface area contributed by atoms with Crippen LogP contribution >= 0.6 is 0 Å². The summed E-state index contributed by atoms with van der Waals surface area (Å²) in [5, 5.41) is 0. The van der Waals surface area contributed by atoms with E-state index in [-0.39, 0.29) is 6.29 Å². The SMILES string of the molecule is COC(OC)c1ccccc1C#C[Si](C)(C)C. The molecule has 1 rings (SSSR count). The van der Waals surface area contributed by atoms with Crippen molar-refractivity contribution in [2.45, 2.75) is 25.9 Å². The largest absolute Gasteiger partial charge is 0.352 e. The van der Waals surface area contributed by atoms with Crippen molar-refractivity contribution in [3.8, 4) is 11.5 Å². The Morgan fingerprint density at radius 2 is 1.65 bits per heavy atom. The second-order valence-electron chi connectivity index (χ2n) is 4.89. The molecule has 0 bridgehead atoms. The van der Waals surface area contributed by atoms with Crippen molar-refractivity contribution in [3.05, 3.63) is 35.4 Å². The Labute approximate surface area is 105 Å². The van der Waals surface area contributed by atoms with Crippen molar-refractivity contribution in [1.82, 2.24) is 0 Å². The van der Waals surface area contributed by atoms with Gasteiger partial charge in [-0.05, 0) is 6.07 Å². The van der Waals surface area contributed by atoms with Gasteiger partial charge in [-0.25, -0.2) is 0 Å². The number of methoxy groups -OCH3 is 2. The molecule has 0 aliphatic heterocycles. The summed E-state index contributed by atoms with van der Waals surface area (Å²) < 4.78 is 10.6. The third-order valence-corrected chi connectivity index (χ3v) is 3.09. The van der Waals surface area contributed by atoms with Gasteiger partial charge < -0.3 is 9.47 Å². The molecule has 0 saturated heterocycles. The maximum Gasteiger partial charge on any atom is 0.184 e. The Morgan fingerprint density at radius 1 is 1.06 bits per heavy atom. The van der Waals surface area contributed by atoms with Gasteiger partial charge in [0.2, 0.25) is 0 Å². The molecular formula is C14H20O2Si. The molecule has 0 aromatic heterocycles. The molecule has 3 heteroatoms. The van der Waals surface area contributed by atoms with E-state index in [1.54, 1.807) is 14.2 Å². The molecule has 17 heavy (non-hydrogen) atoms. The zero-order valence-corrected chi connectivity index (χ0v) is 12.2. The van der Waals surface area contributed by atoms with Gasteiger partial charge in [-0.3, -0.25) is 0 Å². The van der Waals surface area contributed by atoms with Gasteiger partial charge in [0.15, 0.2) is 6.29 Å². The molecule has 0 amide bonds. The number of ether oxygens (including phenoxy) is 2. The van der Waals surface area contributed by atoms with Gasteiger partial charge >= 0.3 is 0 Å². The van der Waals surface area contributed by atoms with E-state index in [0.29, 0.717) is 0 Å². The Bertz CT molecular complexity index is 420. The number of rotatable bonds is 3. The fourth-order valence-corrected chi connectivity index (χ4v) is 1.93. The lowest BCUT2D eigenvalue weighted by molar-refractivity contribution is -0.106. The number of hydrogen-bond donors (Lipinski definition) is 0. The van der Waals surface area contributed by atoms with Crippen molar-refractivity contribution in [1.29, 1.82) is 0 Å². The van der Waals surface area contributed by atoms with E-state index in [1.807, 2.05) is 24.3 Å². The molecule has 0 radical (unpaired) electrons. The summed E-state index contributed by atoms with van der Waals surface area (Å²) in [5.41, 5.74) is 5.34. The molecule has 0 atom stereocenters. The van der Waals surface area contributed by atoms with E-state index in [2.05, 4.69) is 31.1 Å². The molecule has 2 nitrogen and oxygen atoms in total. The molecule has 0 aliphatic rings. The summed E-state index contributed by atoms with van der Waals surface area (Å²) in [6.07, 6.45) is -0.345. The van der Waals surface area contributed by atoms with Crippen LogP contribution in [0.5, 0.6) is 0 Å². The molecule has 92 valence electrons. The van der Waals surface area contributed by atoms with Crippen molar-refractivity contribution in [2.75, 3.05) is 14.2 Å². The lowest BCUT2D eigenvalue weighted by Crippen LogP contribution is -2.16. The minimum absolute atomic E-state index is 0.345. The fraction of sp³-hybridized carbons (Fsp3) is 0.429. The van der Waals surface area contributed by atoms with E-state index >= 15 is 0 Å². The third-order valence-electron chi connectivity index (χ3n) is 2.22. The van der Waals surface area contributed by atoms with Crippen LogP contribution in [-0.2, 0) is 9.47 Å². The molecule has 1 aromatic carbocycles. The van der Waals surface area contributed by atoms with E-state index in [0.717, 1.165) is 11.1 Å². The molecule has 1 aromatic rings. The third kappa shape index (κ3) is 4.35. The van der Waals surface area contributed by atoms with E-state index in [9.17, 15) is 0 Å². The zero-order chi connectivity index (χ0) is 12.9. The van der Waals surface area contributed by atoms with E-state index in [1.165, 1.54) is 0 Å². The fourth-order valence-electron chi connectivity index (χ4n) is 1.42. The van der Waals surface area contributed by atoms with Crippen LogP contribution in [0.2, 0.25) is 19.6 Å². The average Bonchev–Trinajstić information content (AvgIpc) is 2.28. The molecule has 0 aliphatic carbocycles. The van der Waals surface area contributed by atoms with Crippen molar-refractivity contribution < 1.29 is 9.47 Å². The van der Waals surface area contributed by atoms with Crippen LogP contribution < -0.4 is 0 Å². The summed E-state index contributed by atoms with van der Waals surface area (Å²) in [4.78, 5) is 0. The molecule has 0 saturated carbocycles. The maximum absolute atomic E-state index is 5.28. The average molecular weight is 248 g/mol. The second-order valence-corrected chi connectivity index (χ2v) is 9.64. The molecule has 0 fully saturated rings. The summed E-state index contributed by atoms with van der Waals surface area (Å²) in [6.45, 7) is 6.69. The van der Waals surface area contributed by atoms with Gasteiger partial charge in [0.1, 0.15) is 8.07 Å². The summed E-state index contributed by atoms with van der Waals surface area (Å²) in [5.74, 6) is 3.25. The lowest BCUT2D eigenvalue weighted by Gasteiger charge is -2.15. The van der Waals surface area contributed by atoms with Crippen molar-refractivity contribution in [3.63, 3.8) is 0 Å². The standard InChI is InChI=1S/C14H20O2Si/c1-15-14(16-2)13-9-7-6-8-12(13)10-11-17(3,4)5/h6-9,14H,1-5H3. The molecule has 0 unspecified atom stereocenters. The minimum atomic E-state index is -1.36. The van der Waals surface area contributed by atoms with Crippen LogP contribution in [-0.4, -0.2) is 22.3 Å². The zero-order valence-electron chi connectivity index (χ0n) is 11.2. The highest BCUT2D eigenvalue weighted by Gasteiger charge is 2.13. The molecule has 0 N–H and O–H groups in total. The summed E-state index contributed by atoms with van der Waals surface area (Å²) in [7, 11) is 1.91. The molecule has 0 spiro atoms. The van der Waals surface area contributed by atoms with Gasteiger partial charge in [-0.2, -0.15) is 0 Å². The van der Waals surface area contributed by atoms with Gasteiger partial charge in [0, 0.05) is 25.3 Å². The Morgan fingerprint density at radius 3 is 2.18 bits per heavy atom. The topological polar surface area (TPSA) is 18.5 Å². The monoisotopic (exact) mass is 248 g/mol. The Hall–Kier alpha value is -1.08. The van der Waals surface area contributed by atoms with E-state index < -0.39 is 8.07 Å². The van der Waals surface area contributed by atoms with Gasteiger partial charge in [-0.15, -0.1) is 5.54 Å². The highest BCUT2D eigenvalue weighted by Crippen LogP contribution is 2.20. The highest BCUT2D eigenvalue weighted by atomic mass is 28.3. The predicted molar refractivity (Wildman–Crippen MR) is 73.4 cm³/mol. The highest BCUT2D eigenvalue weighted by molar-refractivity contribution is 6.83. The van der Waals surface area contributed by atoms with Crippen LogP contribution in [0.25, 0.3) is 0 Å². The van der Waals surface area contributed by atoms with Crippen molar-refractivity contribution >= 4 is 8.07 Å². The molecule has 0 heterocycles. The Kier molecular flexibility index (Phi) is 4.95. The van der Waals surface area contributed by atoms with E-state index in [4.69, 9.17) is 9.47 Å². The normalized spacial score (nSPS) is 11.2. The first-order valence-corrected chi connectivity index (χ1v) is 9.15. The minimum Gasteiger partial charge on any atom is -0.352 e. The van der Waals surface area contributed by atoms with Gasteiger partial charge in [0.05, 0.1) is 0 Å². The lowest BCUT2D eigenvalue weighted by atomic mass is 10.1. The van der Waals surface area contributed by atoms with Crippen LogP contribution in [0.15, 0.2) is 24.3 Å². The first-order chi connectivity index (χ1) is 7.98. The quantitative estimate of drug-likeness (QED) is 0.464. The Balaban J connectivity index is 3.11. The second kappa shape index (κ2) is 6.01. The summed E-state index contributed by atoms with van der Waals surface area (Å²) >= 11 is 0. The number of hydrogen-bond acceptors (Lipinski definition) is 2. The maximum atomic E-state index is 5.28. The summed E-state index contributed by atoms with van der Waals surface area (Å²) in [6, 6.07) is 7.96. The van der Waals surface area contributed by atoms with Crippen LogP contribution in [0.3, 0.4) is 0 Å². The predicted octanol–water partition coefficient (Wildman–Crippen LogP) is 3.21. The smallest absolute Gasteiger partial charge is 0.184 e.